The Balaban J connectivity index is 2.09. The van der Waals surface area contributed by atoms with Gasteiger partial charge in [0.1, 0.15) is 5.69 Å². The lowest BCUT2D eigenvalue weighted by atomic mass is 10.0. The van der Waals surface area contributed by atoms with Gasteiger partial charge in [-0.25, -0.2) is 9.59 Å². The highest BCUT2D eigenvalue weighted by molar-refractivity contribution is 6.15. The summed E-state index contributed by atoms with van der Waals surface area (Å²) in [6, 6.07) is 11.8. The van der Waals surface area contributed by atoms with Crippen LogP contribution >= 0.6 is 0 Å². The zero-order valence-electron chi connectivity index (χ0n) is 15.6. The molecule has 3 rings (SSSR count). The number of esters is 2. The van der Waals surface area contributed by atoms with E-state index in [1.54, 1.807) is 13.0 Å². The van der Waals surface area contributed by atoms with Gasteiger partial charge in [-0.3, -0.25) is 0 Å². The fraction of sp³-hybridized carbons (Fsp3) is 0.273. The third-order valence-electron chi connectivity index (χ3n) is 4.34. The SMILES string of the molecule is CCCCOC(=O)/C=C/c1c(C(=O)OCC)[nH]c2ccc3ccccc3c12. The van der Waals surface area contributed by atoms with Crippen molar-refractivity contribution in [1.29, 1.82) is 0 Å². The second kappa shape index (κ2) is 8.54. The first-order valence-electron chi connectivity index (χ1n) is 9.21. The number of rotatable bonds is 7. The van der Waals surface area contributed by atoms with E-state index >= 15 is 0 Å². The van der Waals surface area contributed by atoms with Gasteiger partial charge in [0.05, 0.1) is 13.2 Å². The molecule has 0 aliphatic rings. The summed E-state index contributed by atoms with van der Waals surface area (Å²) in [7, 11) is 0. The van der Waals surface area contributed by atoms with Gasteiger partial charge in [-0.2, -0.15) is 0 Å². The molecule has 0 spiro atoms. The normalized spacial score (nSPS) is 11.3. The zero-order chi connectivity index (χ0) is 19.2. The number of hydrogen-bond acceptors (Lipinski definition) is 4. The summed E-state index contributed by atoms with van der Waals surface area (Å²) in [5, 5.41) is 2.94. The highest BCUT2D eigenvalue weighted by Crippen LogP contribution is 2.31. The maximum atomic E-state index is 12.4. The van der Waals surface area contributed by atoms with Crippen LogP contribution in [0.3, 0.4) is 0 Å². The molecular formula is C22H23NO4. The third kappa shape index (κ3) is 4.03. The van der Waals surface area contributed by atoms with Gasteiger partial charge in [0.25, 0.3) is 0 Å². The van der Waals surface area contributed by atoms with E-state index in [2.05, 4.69) is 4.98 Å². The second-order valence-electron chi connectivity index (χ2n) is 6.20. The van der Waals surface area contributed by atoms with Crippen LogP contribution in [-0.2, 0) is 14.3 Å². The number of nitrogens with one attached hydrogen (secondary N) is 1. The van der Waals surface area contributed by atoms with Gasteiger partial charge < -0.3 is 14.5 Å². The average molecular weight is 365 g/mol. The Kier molecular flexibility index (Phi) is 5.91. The molecule has 0 amide bonds. The molecule has 1 aromatic heterocycles. The number of fused-ring (bicyclic) bond motifs is 3. The molecule has 0 unspecified atom stereocenters. The number of unbranched alkanes of at least 4 members (excludes halogenated alkanes) is 1. The minimum atomic E-state index is -0.447. The molecule has 0 aliphatic heterocycles. The number of H-pyrrole nitrogens is 1. The van der Waals surface area contributed by atoms with Gasteiger partial charge in [0.15, 0.2) is 0 Å². The van der Waals surface area contributed by atoms with Gasteiger partial charge in [-0.1, -0.05) is 43.7 Å². The molecule has 5 nitrogen and oxygen atoms in total. The standard InChI is InChI=1S/C22H23NO4/c1-3-5-14-27-19(24)13-11-17-20-16-9-7-6-8-15(16)10-12-18(20)23-21(17)22(25)26-4-2/h6-13,23H,3-5,14H2,1-2H3/b13-11+. The van der Waals surface area contributed by atoms with E-state index in [1.807, 2.05) is 43.3 Å². The predicted molar refractivity (Wildman–Crippen MR) is 107 cm³/mol. The summed E-state index contributed by atoms with van der Waals surface area (Å²) in [5.74, 6) is -0.871. The molecule has 0 radical (unpaired) electrons. The van der Waals surface area contributed by atoms with Crippen LogP contribution in [0.1, 0.15) is 42.7 Å². The molecule has 140 valence electrons. The minimum absolute atomic E-state index is 0.275. The first-order chi connectivity index (χ1) is 13.2. The fourth-order valence-corrected chi connectivity index (χ4v) is 3.04. The zero-order valence-corrected chi connectivity index (χ0v) is 15.6. The van der Waals surface area contributed by atoms with Crippen LogP contribution in [0.25, 0.3) is 27.8 Å². The van der Waals surface area contributed by atoms with Crippen molar-refractivity contribution in [3.8, 4) is 0 Å². The Labute approximate surface area is 158 Å². The highest BCUT2D eigenvalue weighted by atomic mass is 16.5. The predicted octanol–water partition coefficient (Wildman–Crippen LogP) is 4.85. The summed E-state index contributed by atoms with van der Waals surface area (Å²) in [5.41, 5.74) is 1.78. The van der Waals surface area contributed by atoms with E-state index in [-0.39, 0.29) is 6.61 Å². The Morgan fingerprint density at radius 3 is 2.67 bits per heavy atom. The highest BCUT2D eigenvalue weighted by Gasteiger charge is 2.19. The molecule has 3 aromatic rings. The van der Waals surface area contributed by atoms with E-state index in [9.17, 15) is 9.59 Å². The van der Waals surface area contributed by atoms with Gasteiger partial charge >= 0.3 is 11.9 Å². The number of carbonyl (C=O) groups is 2. The maximum Gasteiger partial charge on any atom is 0.355 e. The van der Waals surface area contributed by atoms with Crippen molar-refractivity contribution < 1.29 is 19.1 Å². The Hall–Kier alpha value is -3.08. The van der Waals surface area contributed by atoms with Gasteiger partial charge in [-0.05, 0) is 36.3 Å². The molecule has 0 saturated heterocycles. The van der Waals surface area contributed by atoms with Crippen LogP contribution in [-0.4, -0.2) is 30.1 Å². The van der Waals surface area contributed by atoms with Crippen molar-refractivity contribution >= 4 is 39.7 Å². The molecule has 0 atom stereocenters. The largest absolute Gasteiger partial charge is 0.463 e. The van der Waals surface area contributed by atoms with E-state index < -0.39 is 11.9 Å². The van der Waals surface area contributed by atoms with Crippen molar-refractivity contribution in [1.82, 2.24) is 4.98 Å². The molecule has 2 aromatic carbocycles. The molecule has 0 saturated carbocycles. The lowest BCUT2D eigenvalue weighted by molar-refractivity contribution is -0.137. The van der Waals surface area contributed by atoms with E-state index in [0.29, 0.717) is 17.9 Å². The van der Waals surface area contributed by atoms with E-state index in [1.165, 1.54) is 6.08 Å². The molecule has 5 heteroatoms. The van der Waals surface area contributed by atoms with Gasteiger partial charge in [-0.15, -0.1) is 0 Å². The summed E-state index contributed by atoms with van der Waals surface area (Å²) < 4.78 is 10.4. The molecule has 1 N–H and O–H groups in total. The number of aromatic amines is 1. The lowest BCUT2D eigenvalue weighted by Crippen LogP contribution is -2.07. The summed E-state index contributed by atoms with van der Waals surface area (Å²) in [4.78, 5) is 27.5. The Morgan fingerprint density at radius 1 is 1.07 bits per heavy atom. The summed E-state index contributed by atoms with van der Waals surface area (Å²) >= 11 is 0. The fourth-order valence-electron chi connectivity index (χ4n) is 3.04. The van der Waals surface area contributed by atoms with Crippen LogP contribution < -0.4 is 0 Å². The lowest BCUT2D eigenvalue weighted by Gasteiger charge is -2.03. The smallest absolute Gasteiger partial charge is 0.355 e. The molecule has 1 heterocycles. The topological polar surface area (TPSA) is 68.4 Å². The van der Waals surface area contributed by atoms with Crippen LogP contribution in [0.5, 0.6) is 0 Å². The first-order valence-corrected chi connectivity index (χ1v) is 9.21. The summed E-state index contributed by atoms with van der Waals surface area (Å²) in [6.45, 7) is 4.46. The maximum absolute atomic E-state index is 12.4. The monoisotopic (exact) mass is 365 g/mol. The third-order valence-corrected chi connectivity index (χ3v) is 4.34. The van der Waals surface area contributed by atoms with Crippen molar-refractivity contribution in [3.05, 3.63) is 53.7 Å². The van der Waals surface area contributed by atoms with Crippen molar-refractivity contribution in [2.45, 2.75) is 26.7 Å². The van der Waals surface area contributed by atoms with Crippen LogP contribution in [0, 0.1) is 0 Å². The number of aromatic nitrogens is 1. The van der Waals surface area contributed by atoms with Gasteiger partial charge in [0.2, 0.25) is 0 Å². The van der Waals surface area contributed by atoms with Crippen molar-refractivity contribution in [3.63, 3.8) is 0 Å². The van der Waals surface area contributed by atoms with Crippen LogP contribution in [0.4, 0.5) is 0 Å². The first kappa shape index (κ1) is 18.7. The van der Waals surface area contributed by atoms with Crippen molar-refractivity contribution in [2.75, 3.05) is 13.2 Å². The van der Waals surface area contributed by atoms with E-state index in [4.69, 9.17) is 9.47 Å². The Bertz CT molecular complexity index is 1000. The quantitative estimate of drug-likeness (QED) is 0.369. The van der Waals surface area contributed by atoms with Crippen LogP contribution in [0.15, 0.2) is 42.5 Å². The van der Waals surface area contributed by atoms with Gasteiger partial charge in [0, 0.05) is 22.5 Å². The summed E-state index contributed by atoms with van der Waals surface area (Å²) in [6.07, 6.45) is 4.78. The van der Waals surface area contributed by atoms with Crippen molar-refractivity contribution in [2.24, 2.45) is 0 Å². The Morgan fingerprint density at radius 2 is 1.89 bits per heavy atom. The molecule has 0 fully saturated rings. The van der Waals surface area contributed by atoms with E-state index in [0.717, 1.165) is 34.5 Å². The molecular weight excluding hydrogens is 342 g/mol. The second-order valence-corrected chi connectivity index (χ2v) is 6.20. The number of ether oxygens (including phenoxy) is 2. The van der Waals surface area contributed by atoms with Crippen LogP contribution in [0.2, 0.25) is 0 Å². The molecule has 0 aliphatic carbocycles. The minimum Gasteiger partial charge on any atom is -0.463 e. The molecule has 27 heavy (non-hydrogen) atoms. The molecule has 0 bridgehead atoms. The number of hydrogen-bond donors (Lipinski definition) is 1. The average Bonchev–Trinajstić information content (AvgIpc) is 3.06. The number of carbonyl (C=O) groups excluding carboxylic acids is 2. The number of benzene rings is 2.